The summed E-state index contributed by atoms with van der Waals surface area (Å²) in [5.41, 5.74) is 0.859. The lowest BCUT2D eigenvalue weighted by molar-refractivity contribution is -0.153. The van der Waals surface area contributed by atoms with E-state index in [2.05, 4.69) is 10.6 Å². The van der Waals surface area contributed by atoms with E-state index in [0.29, 0.717) is 23.7 Å². The number of hydrogen-bond acceptors (Lipinski definition) is 2. The van der Waals surface area contributed by atoms with E-state index in [0.717, 1.165) is 0 Å². The summed E-state index contributed by atoms with van der Waals surface area (Å²) in [6.07, 6.45) is -4.40. The Balaban J connectivity index is 2.69. The van der Waals surface area contributed by atoms with E-state index < -0.39 is 18.8 Å². The number of hydrogen-bond donors (Lipinski definition) is 2. The van der Waals surface area contributed by atoms with Crippen LogP contribution < -0.4 is 15.4 Å². The first kappa shape index (κ1) is 17.1. The summed E-state index contributed by atoms with van der Waals surface area (Å²) >= 11 is 0. The Morgan fingerprint density at radius 1 is 1.33 bits per heavy atom. The Hall–Kier alpha value is -1.92. The van der Waals surface area contributed by atoms with Crippen molar-refractivity contribution in [2.75, 3.05) is 18.5 Å². The van der Waals surface area contributed by atoms with E-state index in [4.69, 9.17) is 4.74 Å². The molecular weight excluding hydrogens is 285 g/mol. The molecular formula is C14H19F3N2O2. The number of rotatable bonds is 5. The summed E-state index contributed by atoms with van der Waals surface area (Å²) in [7, 11) is 0. The summed E-state index contributed by atoms with van der Waals surface area (Å²) in [4.78, 5) is 11.7. The minimum atomic E-state index is -4.40. The third kappa shape index (κ3) is 6.37. The second-order valence-electron chi connectivity index (χ2n) is 5.06. The zero-order valence-electron chi connectivity index (χ0n) is 12.2. The highest BCUT2D eigenvalue weighted by Gasteiger charge is 2.28. The molecule has 0 unspecified atom stereocenters. The van der Waals surface area contributed by atoms with Crippen molar-refractivity contribution >= 4 is 11.7 Å². The molecule has 0 bridgehead atoms. The van der Waals surface area contributed by atoms with Crippen molar-refractivity contribution in [2.45, 2.75) is 26.9 Å². The quantitative estimate of drug-likeness (QED) is 0.871. The van der Waals surface area contributed by atoms with E-state index in [9.17, 15) is 18.0 Å². The van der Waals surface area contributed by atoms with Gasteiger partial charge in [-0.05, 0) is 25.0 Å². The van der Waals surface area contributed by atoms with Gasteiger partial charge in [-0.1, -0.05) is 19.9 Å². The molecule has 2 N–H and O–H groups in total. The minimum Gasteiger partial charge on any atom is -0.484 e. The van der Waals surface area contributed by atoms with Crippen LogP contribution in [0, 0.1) is 12.8 Å². The second-order valence-corrected chi connectivity index (χ2v) is 5.06. The molecule has 0 aliphatic carbocycles. The topological polar surface area (TPSA) is 50.4 Å². The number of ether oxygens (including phenoxy) is 1. The molecule has 0 spiro atoms. The zero-order valence-corrected chi connectivity index (χ0v) is 12.2. The number of anilines is 1. The molecule has 1 rings (SSSR count). The van der Waals surface area contributed by atoms with Crippen LogP contribution in [0.1, 0.15) is 19.4 Å². The molecule has 0 aromatic heterocycles. The standard InChI is InChI=1S/C14H19F3N2O2/c1-9(2)7-18-13(20)19-11-5-4-6-12(10(11)3)21-8-14(15,16)17/h4-6,9H,7-8H2,1-3H3,(H2,18,19,20). The van der Waals surface area contributed by atoms with Crippen LogP contribution in [0.15, 0.2) is 18.2 Å². The maximum atomic E-state index is 12.2. The van der Waals surface area contributed by atoms with Gasteiger partial charge in [-0.25, -0.2) is 4.79 Å². The summed E-state index contributed by atoms with van der Waals surface area (Å²) in [6, 6.07) is 4.15. The number of nitrogens with one attached hydrogen (secondary N) is 2. The van der Waals surface area contributed by atoms with Crippen LogP contribution in [0.25, 0.3) is 0 Å². The Bertz CT molecular complexity index is 488. The Morgan fingerprint density at radius 2 is 2.00 bits per heavy atom. The Labute approximate surface area is 121 Å². The third-order valence-corrected chi connectivity index (χ3v) is 2.59. The van der Waals surface area contributed by atoms with E-state index >= 15 is 0 Å². The lowest BCUT2D eigenvalue weighted by Gasteiger charge is -2.15. The summed E-state index contributed by atoms with van der Waals surface area (Å²) < 4.78 is 41.2. The minimum absolute atomic E-state index is 0.0917. The van der Waals surface area contributed by atoms with E-state index in [1.54, 1.807) is 13.0 Å². The molecule has 7 heteroatoms. The molecule has 0 saturated heterocycles. The van der Waals surface area contributed by atoms with E-state index in [1.807, 2.05) is 13.8 Å². The normalized spacial score (nSPS) is 11.4. The third-order valence-electron chi connectivity index (χ3n) is 2.59. The molecule has 118 valence electrons. The van der Waals surface area contributed by atoms with Gasteiger partial charge in [-0.2, -0.15) is 13.2 Å². The lowest BCUT2D eigenvalue weighted by atomic mass is 10.2. The van der Waals surface area contributed by atoms with Crippen molar-refractivity contribution in [3.05, 3.63) is 23.8 Å². The van der Waals surface area contributed by atoms with Gasteiger partial charge in [-0.15, -0.1) is 0 Å². The maximum Gasteiger partial charge on any atom is 0.422 e. The fraction of sp³-hybridized carbons (Fsp3) is 0.500. The van der Waals surface area contributed by atoms with Crippen molar-refractivity contribution in [1.82, 2.24) is 5.32 Å². The molecule has 4 nitrogen and oxygen atoms in total. The van der Waals surface area contributed by atoms with Crippen LogP contribution in [0.5, 0.6) is 5.75 Å². The SMILES string of the molecule is Cc1c(NC(=O)NCC(C)C)cccc1OCC(F)(F)F. The molecule has 0 fully saturated rings. The van der Waals surface area contributed by atoms with Gasteiger partial charge in [0.05, 0.1) is 0 Å². The van der Waals surface area contributed by atoms with Crippen molar-refractivity contribution < 1.29 is 22.7 Å². The molecule has 0 saturated carbocycles. The van der Waals surface area contributed by atoms with Gasteiger partial charge in [-0.3, -0.25) is 0 Å². The number of carbonyl (C=O) groups excluding carboxylic acids is 1. The average Bonchev–Trinajstić information content (AvgIpc) is 2.36. The molecule has 0 radical (unpaired) electrons. The molecule has 0 aliphatic rings. The Morgan fingerprint density at radius 3 is 2.57 bits per heavy atom. The van der Waals surface area contributed by atoms with Crippen molar-refractivity contribution in [1.29, 1.82) is 0 Å². The molecule has 2 amide bonds. The molecule has 0 atom stereocenters. The highest BCUT2D eigenvalue weighted by Crippen LogP contribution is 2.27. The summed E-state index contributed by atoms with van der Waals surface area (Å²) in [6.45, 7) is 4.64. The largest absolute Gasteiger partial charge is 0.484 e. The van der Waals surface area contributed by atoms with Gasteiger partial charge in [0.15, 0.2) is 6.61 Å². The molecule has 1 aromatic carbocycles. The van der Waals surface area contributed by atoms with Crippen LogP contribution in [-0.2, 0) is 0 Å². The van der Waals surface area contributed by atoms with Gasteiger partial charge in [0, 0.05) is 17.8 Å². The monoisotopic (exact) mass is 304 g/mol. The fourth-order valence-corrected chi connectivity index (χ4v) is 1.53. The van der Waals surface area contributed by atoms with Crippen molar-refractivity contribution in [3.8, 4) is 5.75 Å². The van der Waals surface area contributed by atoms with Crippen LogP contribution in [0.4, 0.5) is 23.7 Å². The van der Waals surface area contributed by atoms with Gasteiger partial charge in [0.25, 0.3) is 0 Å². The number of alkyl halides is 3. The fourth-order valence-electron chi connectivity index (χ4n) is 1.53. The van der Waals surface area contributed by atoms with Gasteiger partial charge < -0.3 is 15.4 Å². The average molecular weight is 304 g/mol. The first-order valence-corrected chi connectivity index (χ1v) is 6.53. The van der Waals surface area contributed by atoms with Crippen LogP contribution in [0.3, 0.4) is 0 Å². The number of amides is 2. The molecule has 1 aromatic rings. The Kier molecular flexibility index (Phi) is 5.87. The van der Waals surface area contributed by atoms with Gasteiger partial charge in [0.1, 0.15) is 5.75 Å². The van der Waals surface area contributed by atoms with Crippen molar-refractivity contribution in [2.24, 2.45) is 5.92 Å². The predicted octanol–water partition coefficient (Wildman–Crippen LogP) is 3.71. The van der Waals surface area contributed by atoms with Crippen LogP contribution in [-0.4, -0.2) is 25.4 Å². The molecule has 0 aliphatic heterocycles. The number of urea groups is 1. The summed E-state index contributed by atoms with van der Waals surface area (Å²) in [5.74, 6) is 0.396. The number of carbonyl (C=O) groups is 1. The maximum absolute atomic E-state index is 12.2. The van der Waals surface area contributed by atoms with E-state index in [-0.39, 0.29) is 5.75 Å². The lowest BCUT2D eigenvalue weighted by Crippen LogP contribution is -2.31. The van der Waals surface area contributed by atoms with Gasteiger partial charge >= 0.3 is 12.2 Å². The first-order chi connectivity index (χ1) is 9.69. The van der Waals surface area contributed by atoms with E-state index in [1.165, 1.54) is 12.1 Å². The summed E-state index contributed by atoms with van der Waals surface area (Å²) in [5, 5.41) is 5.25. The first-order valence-electron chi connectivity index (χ1n) is 6.53. The highest BCUT2D eigenvalue weighted by molar-refractivity contribution is 5.90. The molecule has 0 heterocycles. The van der Waals surface area contributed by atoms with Crippen LogP contribution >= 0.6 is 0 Å². The van der Waals surface area contributed by atoms with Gasteiger partial charge in [0.2, 0.25) is 0 Å². The zero-order chi connectivity index (χ0) is 16.0. The predicted molar refractivity (Wildman–Crippen MR) is 74.6 cm³/mol. The van der Waals surface area contributed by atoms with Crippen LogP contribution in [0.2, 0.25) is 0 Å². The number of halogens is 3. The highest BCUT2D eigenvalue weighted by atomic mass is 19.4. The number of benzene rings is 1. The smallest absolute Gasteiger partial charge is 0.422 e. The van der Waals surface area contributed by atoms with Crippen molar-refractivity contribution in [3.63, 3.8) is 0 Å². The second kappa shape index (κ2) is 7.19. The molecule has 21 heavy (non-hydrogen) atoms.